The van der Waals surface area contributed by atoms with Crippen LogP contribution in [0, 0.1) is 5.92 Å². The molecule has 1 aliphatic carbocycles. The molecule has 0 spiro atoms. The van der Waals surface area contributed by atoms with Crippen LogP contribution in [0.15, 0.2) is 35.8 Å². The molecule has 1 aliphatic rings. The molecule has 0 amide bonds. The van der Waals surface area contributed by atoms with Gasteiger partial charge in [-0.1, -0.05) is 23.7 Å². The lowest BCUT2D eigenvalue weighted by molar-refractivity contribution is 0.468. The van der Waals surface area contributed by atoms with E-state index in [2.05, 4.69) is 27.8 Å². The lowest BCUT2D eigenvalue weighted by atomic mass is 9.96. The summed E-state index contributed by atoms with van der Waals surface area (Å²) >= 11 is 7.71. The highest BCUT2D eigenvalue weighted by Gasteiger charge is 2.22. The predicted octanol–water partition coefficient (Wildman–Crippen LogP) is 3.95. The van der Waals surface area contributed by atoms with Crippen LogP contribution < -0.4 is 5.32 Å². The minimum atomic E-state index is 0.600. The second-order valence-electron chi connectivity index (χ2n) is 5.51. The van der Waals surface area contributed by atoms with E-state index in [0.717, 1.165) is 30.5 Å². The molecule has 0 aliphatic heterocycles. The third-order valence-corrected chi connectivity index (χ3v) is 4.71. The van der Waals surface area contributed by atoms with Crippen LogP contribution in [0.1, 0.15) is 23.4 Å². The van der Waals surface area contributed by atoms with E-state index in [1.54, 1.807) is 11.3 Å². The Morgan fingerprint density at radius 3 is 2.70 bits per heavy atom. The topological polar surface area (TPSA) is 24.9 Å². The molecule has 1 unspecified atom stereocenters. The van der Waals surface area contributed by atoms with Crippen molar-refractivity contribution in [2.24, 2.45) is 5.92 Å². The van der Waals surface area contributed by atoms with Crippen LogP contribution >= 0.6 is 22.9 Å². The third-order valence-electron chi connectivity index (χ3n) is 3.66. The Labute approximate surface area is 129 Å². The standard InChI is InChI=1S/C16H19ClN2S/c17-14-3-1-12(2-4-14)9-13(11-19-15-5-6-15)10-16-18-7-8-20-16/h1-4,7-8,13,15,19H,5-6,9-11H2. The van der Waals surface area contributed by atoms with E-state index >= 15 is 0 Å². The summed E-state index contributed by atoms with van der Waals surface area (Å²) in [7, 11) is 0. The van der Waals surface area contributed by atoms with Gasteiger partial charge in [0, 0.05) is 29.1 Å². The van der Waals surface area contributed by atoms with Crippen LogP contribution in [0.5, 0.6) is 0 Å². The number of aromatic nitrogens is 1. The van der Waals surface area contributed by atoms with Crippen LogP contribution in [0.25, 0.3) is 0 Å². The van der Waals surface area contributed by atoms with E-state index in [9.17, 15) is 0 Å². The van der Waals surface area contributed by atoms with Gasteiger partial charge in [-0.15, -0.1) is 11.3 Å². The Bertz CT molecular complexity index is 520. The van der Waals surface area contributed by atoms with Crippen molar-refractivity contribution in [3.8, 4) is 0 Å². The number of hydrogen-bond acceptors (Lipinski definition) is 3. The quantitative estimate of drug-likeness (QED) is 0.838. The van der Waals surface area contributed by atoms with Gasteiger partial charge in [0.25, 0.3) is 0 Å². The van der Waals surface area contributed by atoms with Gasteiger partial charge in [0.15, 0.2) is 0 Å². The summed E-state index contributed by atoms with van der Waals surface area (Å²) in [5.74, 6) is 0.600. The van der Waals surface area contributed by atoms with E-state index in [1.165, 1.54) is 23.4 Å². The zero-order valence-electron chi connectivity index (χ0n) is 11.4. The van der Waals surface area contributed by atoms with Crippen molar-refractivity contribution in [2.75, 3.05) is 6.54 Å². The van der Waals surface area contributed by atoms with Gasteiger partial charge in [0.2, 0.25) is 0 Å². The molecule has 2 aromatic rings. The number of halogens is 1. The summed E-state index contributed by atoms with van der Waals surface area (Å²) in [5.41, 5.74) is 1.36. The molecule has 0 bridgehead atoms. The Hall–Kier alpha value is -0.900. The summed E-state index contributed by atoms with van der Waals surface area (Å²) in [6, 6.07) is 8.99. The number of thiazole rings is 1. The minimum absolute atomic E-state index is 0.600. The smallest absolute Gasteiger partial charge is 0.0928 e. The average molecular weight is 307 g/mol. The highest BCUT2D eigenvalue weighted by molar-refractivity contribution is 7.09. The predicted molar refractivity (Wildman–Crippen MR) is 85.5 cm³/mol. The van der Waals surface area contributed by atoms with Crippen molar-refractivity contribution < 1.29 is 0 Å². The fourth-order valence-electron chi connectivity index (χ4n) is 2.39. The first-order valence-electron chi connectivity index (χ1n) is 7.16. The molecule has 1 atom stereocenters. The summed E-state index contributed by atoms with van der Waals surface area (Å²) in [6.45, 7) is 1.08. The highest BCUT2D eigenvalue weighted by atomic mass is 35.5. The molecule has 1 heterocycles. The molecule has 1 N–H and O–H groups in total. The van der Waals surface area contributed by atoms with E-state index in [4.69, 9.17) is 11.6 Å². The lowest BCUT2D eigenvalue weighted by Crippen LogP contribution is -2.27. The number of nitrogens with one attached hydrogen (secondary N) is 1. The Balaban J connectivity index is 1.61. The first-order valence-corrected chi connectivity index (χ1v) is 8.41. The zero-order valence-corrected chi connectivity index (χ0v) is 13.0. The SMILES string of the molecule is Clc1ccc(CC(CNC2CC2)Cc2nccs2)cc1. The minimum Gasteiger partial charge on any atom is -0.314 e. The second-order valence-corrected chi connectivity index (χ2v) is 6.92. The first kappa shape index (κ1) is 14.1. The molecule has 106 valence electrons. The van der Waals surface area contributed by atoms with E-state index < -0.39 is 0 Å². The summed E-state index contributed by atoms with van der Waals surface area (Å²) < 4.78 is 0. The summed E-state index contributed by atoms with van der Waals surface area (Å²) in [4.78, 5) is 4.42. The number of rotatable bonds is 7. The monoisotopic (exact) mass is 306 g/mol. The Morgan fingerprint density at radius 1 is 1.25 bits per heavy atom. The van der Waals surface area contributed by atoms with Crippen molar-refractivity contribution >= 4 is 22.9 Å². The van der Waals surface area contributed by atoms with Gasteiger partial charge in [0.1, 0.15) is 0 Å². The molecule has 1 fully saturated rings. The van der Waals surface area contributed by atoms with E-state index in [0.29, 0.717) is 5.92 Å². The van der Waals surface area contributed by atoms with Gasteiger partial charge in [0.05, 0.1) is 5.01 Å². The van der Waals surface area contributed by atoms with Gasteiger partial charge in [-0.25, -0.2) is 4.98 Å². The maximum absolute atomic E-state index is 5.95. The highest BCUT2D eigenvalue weighted by Crippen LogP contribution is 2.21. The molecule has 4 heteroatoms. The second kappa shape index (κ2) is 6.70. The molecule has 1 aromatic carbocycles. The molecule has 2 nitrogen and oxygen atoms in total. The maximum atomic E-state index is 5.95. The normalized spacial score (nSPS) is 16.2. The molecular weight excluding hydrogens is 288 g/mol. The number of benzene rings is 1. The fourth-order valence-corrected chi connectivity index (χ4v) is 3.25. The van der Waals surface area contributed by atoms with Gasteiger partial charge >= 0.3 is 0 Å². The number of nitrogens with zero attached hydrogens (tertiary/aromatic N) is 1. The molecule has 0 radical (unpaired) electrons. The first-order chi connectivity index (χ1) is 9.79. The molecule has 20 heavy (non-hydrogen) atoms. The van der Waals surface area contributed by atoms with Crippen LogP contribution in [-0.4, -0.2) is 17.6 Å². The van der Waals surface area contributed by atoms with Crippen LogP contribution in [-0.2, 0) is 12.8 Å². The van der Waals surface area contributed by atoms with Crippen molar-refractivity contribution in [2.45, 2.75) is 31.7 Å². The molecule has 1 aromatic heterocycles. The molecule has 0 saturated heterocycles. The van der Waals surface area contributed by atoms with Crippen molar-refractivity contribution in [3.05, 3.63) is 51.4 Å². The molecule has 1 saturated carbocycles. The molecule has 3 rings (SSSR count). The summed E-state index contributed by atoms with van der Waals surface area (Å²) in [6.07, 6.45) is 6.71. The van der Waals surface area contributed by atoms with Crippen LogP contribution in [0.2, 0.25) is 5.02 Å². The van der Waals surface area contributed by atoms with Crippen LogP contribution in [0.4, 0.5) is 0 Å². The van der Waals surface area contributed by atoms with Crippen molar-refractivity contribution in [1.29, 1.82) is 0 Å². The summed E-state index contributed by atoms with van der Waals surface area (Å²) in [5, 5.41) is 7.75. The number of hydrogen-bond donors (Lipinski definition) is 1. The zero-order chi connectivity index (χ0) is 13.8. The largest absolute Gasteiger partial charge is 0.314 e. The van der Waals surface area contributed by atoms with Gasteiger partial charge in [-0.2, -0.15) is 0 Å². The van der Waals surface area contributed by atoms with E-state index in [-0.39, 0.29) is 0 Å². The average Bonchev–Trinajstić information content (AvgIpc) is 3.15. The van der Waals surface area contributed by atoms with Gasteiger partial charge < -0.3 is 5.32 Å². The molecular formula is C16H19ClN2S. The lowest BCUT2D eigenvalue weighted by Gasteiger charge is -2.16. The Morgan fingerprint density at radius 2 is 2.05 bits per heavy atom. The van der Waals surface area contributed by atoms with Crippen molar-refractivity contribution in [1.82, 2.24) is 10.3 Å². The van der Waals surface area contributed by atoms with Gasteiger partial charge in [-0.05, 0) is 49.4 Å². The van der Waals surface area contributed by atoms with E-state index in [1.807, 2.05) is 18.3 Å². The maximum Gasteiger partial charge on any atom is 0.0928 e. The Kier molecular flexibility index (Phi) is 4.71. The van der Waals surface area contributed by atoms with Crippen molar-refractivity contribution in [3.63, 3.8) is 0 Å². The fraction of sp³-hybridized carbons (Fsp3) is 0.438. The third kappa shape index (κ3) is 4.30. The van der Waals surface area contributed by atoms with Gasteiger partial charge in [-0.3, -0.25) is 0 Å². The van der Waals surface area contributed by atoms with Crippen LogP contribution in [0.3, 0.4) is 0 Å².